The van der Waals surface area contributed by atoms with Gasteiger partial charge in [-0.1, -0.05) is 18.2 Å². The molecule has 2 N–H and O–H groups in total. The lowest BCUT2D eigenvalue weighted by molar-refractivity contribution is 0.300. The lowest BCUT2D eigenvalue weighted by Gasteiger charge is -2.13. The molecule has 1 aromatic heterocycles. The van der Waals surface area contributed by atoms with Crippen molar-refractivity contribution in [1.82, 2.24) is 4.98 Å². The van der Waals surface area contributed by atoms with Crippen molar-refractivity contribution in [1.29, 1.82) is 0 Å². The summed E-state index contributed by atoms with van der Waals surface area (Å²) < 4.78 is 18.6. The van der Waals surface area contributed by atoms with E-state index in [9.17, 15) is 4.39 Å². The van der Waals surface area contributed by atoms with E-state index in [-0.39, 0.29) is 18.5 Å². The van der Waals surface area contributed by atoms with E-state index in [0.29, 0.717) is 5.56 Å². The van der Waals surface area contributed by atoms with Crippen LogP contribution in [0.2, 0.25) is 0 Å². The Bertz CT molecular complexity index is 529. The number of hydrogen-bond acceptors (Lipinski definition) is 3. The number of nitrogens with zero attached hydrogens (tertiary/aromatic N) is 1. The highest BCUT2D eigenvalue weighted by molar-refractivity contribution is 5.35. The van der Waals surface area contributed by atoms with Gasteiger partial charge in [0.15, 0.2) is 0 Å². The van der Waals surface area contributed by atoms with E-state index in [2.05, 4.69) is 4.98 Å². The van der Waals surface area contributed by atoms with Crippen molar-refractivity contribution in [2.45, 2.75) is 19.6 Å². The average molecular weight is 246 g/mol. The van der Waals surface area contributed by atoms with Gasteiger partial charge in [0.25, 0.3) is 0 Å². The molecule has 3 nitrogen and oxygen atoms in total. The molecule has 1 heterocycles. The first-order chi connectivity index (χ1) is 8.66. The lowest BCUT2D eigenvalue weighted by Crippen LogP contribution is -2.08. The lowest BCUT2D eigenvalue weighted by atomic mass is 10.1. The van der Waals surface area contributed by atoms with Gasteiger partial charge in [-0.2, -0.15) is 0 Å². The highest BCUT2D eigenvalue weighted by Crippen LogP contribution is 2.24. The second-order valence-corrected chi connectivity index (χ2v) is 4.13. The maximum Gasteiger partial charge on any atom is 0.141 e. The Morgan fingerprint density at radius 1 is 1.33 bits per heavy atom. The molecule has 4 heteroatoms. The van der Waals surface area contributed by atoms with Crippen LogP contribution in [0.25, 0.3) is 0 Å². The number of rotatable bonds is 4. The molecule has 2 aromatic rings. The van der Waals surface area contributed by atoms with Gasteiger partial charge < -0.3 is 10.5 Å². The molecule has 0 amide bonds. The molecule has 0 fully saturated rings. The van der Waals surface area contributed by atoms with Crippen molar-refractivity contribution < 1.29 is 9.13 Å². The summed E-state index contributed by atoms with van der Waals surface area (Å²) >= 11 is 0. The monoisotopic (exact) mass is 246 g/mol. The van der Waals surface area contributed by atoms with E-state index in [1.165, 1.54) is 12.3 Å². The first kappa shape index (κ1) is 12.5. The minimum Gasteiger partial charge on any atom is -0.489 e. The van der Waals surface area contributed by atoms with Crippen LogP contribution in [0, 0.1) is 5.82 Å². The number of hydrogen-bond donors (Lipinski definition) is 1. The minimum atomic E-state index is -0.364. The number of nitrogens with two attached hydrogens (primary N) is 1. The zero-order valence-electron chi connectivity index (χ0n) is 10.1. The first-order valence-electron chi connectivity index (χ1n) is 5.73. The molecular weight excluding hydrogens is 231 g/mol. The number of benzene rings is 1. The third-order valence-electron chi connectivity index (χ3n) is 2.57. The number of pyridine rings is 1. The van der Waals surface area contributed by atoms with Gasteiger partial charge in [-0.25, -0.2) is 4.39 Å². The second kappa shape index (κ2) is 5.60. The van der Waals surface area contributed by atoms with E-state index < -0.39 is 0 Å². The number of halogens is 1. The maximum absolute atomic E-state index is 13.0. The van der Waals surface area contributed by atoms with Crippen LogP contribution in [-0.4, -0.2) is 4.98 Å². The summed E-state index contributed by atoms with van der Waals surface area (Å²) in [4.78, 5) is 3.77. The Morgan fingerprint density at radius 3 is 2.83 bits per heavy atom. The van der Waals surface area contributed by atoms with Gasteiger partial charge in [0.1, 0.15) is 18.2 Å². The van der Waals surface area contributed by atoms with E-state index in [0.717, 1.165) is 11.3 Å². The fourth-order valence-electron chi connectivity index (χ4n) is 1.68. The number of ether oxygens (including phenoxy) is 1. The van der Waals surface area contributed by atoms with Gasteiger partial charge in [0.2, 0.25) is 0 Å². The van der Waals surface area contributed by atoms with Crippen LogP contribution in [0.1, 0.15) is 24.1 Å². The predicted octanol–water partition coefficient (Wildman–Crippen LogP) is 2.82. The Morgan fingerprint density at radius 2 is 2.11 bits per heavy atom. The van der Waals surface area contributed by atoms with Crippen molar-refractivity contribution in [2.24, 2.45) is 5.73 Å². The van der Waals surface area contributed by atoms with E-state index in [4.69, 9.17) is 10.5 Å². The van der Waals surface area contributed by atoms with Crippen molar-refractivity contribution in [3.05, 3.63) is 59.7 Å². The Kier molecular flexibility index (Phi) is 3.89. The van der Waals surface area contributed by atoms with Crippen LogP contribution in [0.5, 0.6) is 5.75 Å². The summed E-state index contributed by atoms with van der Waals surface area (Å²) in [5.41, 5.74) is 7.48. The van der Waals surface area contributed by atoms with Crippen molar-refractivity contribution in [2.75, 3.05) is 0 Å². The Labute approximate surface area is 105 Å². The quantitative estimate of drug-likeness (QED) is 0.902. The SMILES string of the molecule is C[C@@H](N)c1ccccc1OCc1cncc(F)c1. The number of aromatic nitrogens is 1. The van der Waals surface area contributed by atoms with Gasteiger partial charge in [0.05, 0.1) is 6.20 Å². The molecule has 0 radical (unpaired) electrons. The third-order valence-corrected chi connectivity index (χ3v) is 2.57. The summed E-state index contributed by atoms with van der Waals surface area (Å²) in [5, 5.41) is 0. The summed E-state index contributed by atoms with van der Waals surface area (Å²) in [6.07, 6.45) is 2.75. The highest BCUT2D eigenvalue weighted by Gasteiger charge is 2.07. The molecule has 0 unspecified atom stereocenters. The topological polar surface area (TPSA) is 48.1 Å². The zero-order chi connectivity index (χ0) is 13.0. The standard InChI is InChI=1S/C14H15FN2O/c1-10(16)13-4-2-3-5-14(13)18-9-11-6-12(15)8-17-7-11/h2-8,10H,9,16H2,1H3/t10-/m1/s1. The molecule has 2 rings (SSSR count). The molecule has 94 valence electrons. The molecule has 0 bridgehead atoms. The van der Waals surface area contributed by atoms with Gasteiger partial charge in [0, 0.05) is 23.4 Å². The summed E-state index contributed by atoms with van der Waals surface area (Å²) in [5.74, 6) is 0.355. The van der Waals surface area contributed by atoms with Gasteiger partial charge in [-0.15, -0.1) is 0 Å². The largest absolute Gasteiger partial charge is 0.489 e. The predicted molar refractivity (Wildman–Crippen MR) is 67.6 cm³/mol. The Hall–Kier alpha value is -1.94. The smallest absolute Gasteiger partial charge is 0.141 e. The first-order valence-corrected chi connectivity index (χ1v) is 5.73. The maximum atomic E-state index is 13.0. The average Bonchev–Trinajstić information content (AvgIpc) is 2.37. The van der Waals surface area contributed by atoms with Crippen molar-refractivity contribution >= 4 is 0 Å². The van der Waals surface area contributed by atoms with Crippen molar-refractivity contribution in [3.8, 4) is 5.75 Å². The van der Waals surface area contributed by atoms with Crippen LogP contribution in [0.4, 0.5) is 4.39 Å². The molecule has 18 heavy (non-hydrogen) atoms. The molecule has 1 atom stereocenters. The fourth-order valence-corrected chi connectivity index (χ4v) is 1.68. The van der Waals surface area contributed by atoms with Crippen LogP contribution >= 0.6 is 0 Å². The minimum absolute atomic E-state index is 0.105. The number of para-hydroxylation sites is 1. The van der Waals surface area contributed by atoms with E-state index >= 15 is 0 Å². The summed E-state index contributed by atoms with van der Waals surface area (Å²) in [7, 11) is 0. The van der Waals surface area contributed by atoms with Gasteiger partial charge in [-0.05, 0) is 19.1 Å². The molecule has 1 aromatic carbocycles. The van der Waals surface area contributed by atoms with Crippen LogP contribution in [0.3, 0.4) is 0 Å². The van der Waals surface area contributed by atoms with Crippen molar-refractivity contribution in [3.63, 3.8) is 0 Å². The summed E-state index contributed by atoms with van der Waals surface area (Å²) in [6.45, 7) is 2.17. The third kappa shape index (κ3) is 3.05. The second-order valence-electron chi connectivity index (χ2n) is 4.13. The van der Waals surface area contributed by atoms with Crippen LogP contribution < -0.4 is 10.5 Å². The van der Waals surface area contributed by atoms with E-state index in [1.807, 2.05) is 31.2 Å². The normalized spacial score (nSPS) is 12.2. The van der Waals surface area contributed by atoms with Crippen LogP contribution in [0.15, 0.2) is 42.7 Å². The van der Waals surface area contributed by atoms with Crippen LogP contribution in [-0.2, 0) is 6.61 Å². The molecule has 0 spiro atoms. The summed E-state index contributed by atoms with van der Waals surface area (Å²) in [6, 6.07) is 8.86. The van der Waals surface area contributed by atoms with E-state index in [1.54, 1.807) is 6.20 Å². The van der Waals surface area contributed by atoms with Gasteiger partial charge in [-0.3, -0.25) is 4.98 Å². The highest BCUT2D eigenvalue weighted by atomic mass is 19.1. The Balaban J connectivity index is 2.11. The fraction of sp³-hybridized carbons (Fsp3) is 0.214. The zero-order valence-corrected chi connectivity index (χ0v) is 10.1. The van der Waals surface area contributed by atoms with Gasteiger partial charge >= 0.3 is 0 Å². The molecular formula is C14H15FN2O. The molecule has 0 aliphatic heterocycles. The molecule has 0 saturated carbocycles. The molecule has 0 aliphatic rings. The molecule has 0 saturated heterocycles. The molecule has 0 aliphatic carbocycles.